The van der Waals surface area contributed by atoms with E-state index in [1.807, 2.05) is 0 Å². The third-order valence-corrected chi connectivity index (χ3v) is 19.6. The number of ether oxygens (including phenoxy) is 4. The monoisotopic (exact) mass is 1350 g/mol. The van der Waals surface area contributed by atoms with Crippen molar-refractivity contribution in [3.8, 4) is 0 Å². The normalized spacial score (nSPS) is 14.7. The Morgan fingerprint density at radius 3 is 0.772 bits per heavy atom. The van der Waals surface area contributed by atoms with Gasteiger partial charge in [0.1, 0.15) is 19.3 Å². The first kappa shape index (κ1) is 90.1. The molecular formula is C73H142O17P2. The van der Waals surface area contributed by atoms with Gasteiger partial charge in [-0.25, -0.2) is 9.13 Å². The van der Waals surface area contributed by atoms with Gasteiger partial charge in [0.05, 0.1) is 26.4 Å². The fourth-order valence-electron chi connectivity index (χ4n) is 11.1. The van der Waals surface area contributed by atoms with Gasteiger partial charge >= 0.3 is 39.5 Å². The summed E-state index contributed by atoms with van der Waals surface area (Å²) >= 11 is 0. The van der Waals surface area contributed by atoms with Crippen LogP contribution in [0.2, 0.25) is 0 Å². The molecule has 0 saturated heterocycles. The van der Waals surface area contributed by atoms with Crippen LogP contribution in [0.1, 0.15) is 375 Å². The minimum absolute atomic E-state index is 0.105. The molecule has 0 heterocycles. The molecule has 0 aromatic carbocycles. The van der Waals surface area contributed by atoms with E-state index in [1.54, 1.807) is 0 Å². The molecular weight excluding hydrogens is 1210 g/mol. The lowest BCUT2D eigenvalue weighted by Crippen LogP contribution is -2.30. The average molecular weight is 1350 g/mol. The number of carbonyl (C=O) groups is 4. The molecule has 0 spiro atoms. The lowest BCUT2D eigenvalue weighted by Gasteiger charge is -2.21. The number of rotatable bonds is 72. The summed E-state index contributed by atoms with van der Waals surface area (Å²) in [6.45, 7) is 9.57. The highest BCUT2D eigenvalue weighted by Gasteiger charge is 2.30. The summed E-state index contributed by atoms with van der Waals surface area (Å²) in [7, 11) is -9.91. The van der Waals surface area contributed by atoms with Gasteiger partial charge in [-0.1, -0.05) is 324 Å². The number of unbranched alkanes of at least 4 members (excludes halogenated alkanes) is 40. The summed E-state index contributed by atoms with van der Waals surface area (Å²) in [6.07, 6.45) is 51.1. The van der Waals surface area contributed by atoms with Crippen molar-refractivity contribution in [1.29, 1.82) is 0 Å². The molecule has 0 aromatic rings. The van der Waals surface area contributed by atoms with Crippen LogP contribution in [0.15, 0.2) is 0 Å². The molecule has 0 bridgehead atoms. The first-order valence-electron chi connectivity index (χ1n) is 38.1. The van der Waals surface area contributed by atoms with Crippen LogP contribution in [0.4, 0.5) is 0 Å². The van der Waals surface area contributed by atoms with E-state index < -0.39 is 97.5 Å². The lowest BCUT2D eigenvalue weighted by atomic mass is 9.99. The number of carbonyl (C=O) groups excluding carboxylic acids is 4. The second-order valence-corrected chi connectivity index (χ2v) is 29.7. The molecule has 0 amide bonds. The second-order valence-electron chi connectivity index (χ2n) is 26.8. The SMILES string of the molecule is CCCCCCCCCCCCCCCCCCCC(=O)O[C@H](COC(=O)CCCCCCCCCCC(C)CC)COP(=O)(O)OC[C@@H](O)COP(=O)(O)OC[C@@H](COC(=O)CCCCCCCCCCCCC)OC(=O)CCCCCCCCCCC(C)CC. The maximum Gasteiger partial charge on any atom is 0.472 e. The van der Waals surface area contributed by atoms with E-state index in [-0.39, 0.29) is 25.7 Å². The van der Waals surface area contributed by atoms with Crippen molar-refractivity contribution < 1.29 is 80.2 Å². The van der Waals surface area contributed by atoms with Crippen molar-refractivity contribution in [1.82, 2.24) is 0 Å². The van der Waals surface area contributed by atoms with Crippen molar-refractivity contribution in [3.63, 3.8) is 0 Å². The van der Waals surface area contributed by atoms with Crippen molar-refractivity contribution in [2.75, 3.05) is 39.6 Å². The van der Waals surface area contributed by atoms with Gasteiger partial charge in [0.25, 0.3) is 0 Å². The number of esters is 4. The van der Waals surface area contributed by atoms with Crippen LogP contribution in [-0.4, -0.2) is 96.7 Å². The third-order valence-electron chi connectivity index (χ3n) is 17.7. The fourth-order valence-corrected chi connectivity index (χ4v) is 12.6. The molecule has 92 heavy (non-hydrogen) atoms. The van der Waals surface area contributed by atoms with E-state index in [0.717, 1.165) is 102 Å². The average Bonchev–Trinajstić information content (AvgIpc) is 1.88. The van der Waals surface area contributed by atoms with Gasteiger partial charge in [-0.05, 0) is 37.5 Å². The predicted octanol–water partition coefficient (Wildman–Crippen LogP) is 21.2. The van der Waals surface area contributed by atoms with E-state index >= 15 is 0 Å². The van der Waals surface area contributed by atoms with E-state index in [1.165, 1.54) is 193 Å². The van der Waals surface area contributed by atoms with Gasteiger partial charge in [-0.15, -0.1) is 0 Å². The lowest BCUT2D eigenvalue weighted by molar-refractivity contribution is -0.161. The maximum atomic E-state index is 13.1. The smallest absolute Gasteiger partial charge is 0.462 e. The highest BCUT2D eigenvalue weighted by molar-refractivity contribution is 7.47. The van der Waals surface area contributed by atoms with Crippen LogP contribution < -0.4 is 0 Å². The molecule has 7 atom stereocenters. The quantitative estimate of drug-likeness (QED) is 0.0222. The zero-order valence-electron chi connectivity index (χ0n) is 59.9. The number of aliphatic hydroxyl groups is 1. The Hall–Kier alpha value is -1.94. The van der Waals surface area contributed by atoms with Crippen LogP contribution in [-0.2, 0) is 65.4 Å². The molecule has 0 rings (SSSR count). The Labute approximate surface area is 562 Å². The van der Waals surface area contributed by atoms with Crippen molar-refractivity contribution >= 4 is 39.5 Å². The summed E-state index contributed by atoms with van der Waals surface area (Å²) in [5, 5.41) is 10.6. The first-order chi connectivity index (χ1) is 44.4. The molecule has 0 aliphatic rings. The van der Waals surface area contributed by atoms with E-state index in [0.29, 0.717) is 25.7 Å². The molecule has 0 aliphatic heterocycles. The number of hydrogen-bond donors (Lipinski definition) is 3. The van der Waals surface area contributed by atoms with Crippen LogP contribution >= 0.6 is 15.6 Å². The van der Waals surface area contributed by atoms with Gasteiger partial charge in [0.2, 0.25) is 0 Å². The Kier molecular flexibility index (Phi) is 63.7. The maximum absolute atomic E-state index is 13.1. The van der Waals surface area contributed by atoms with Crippen LogP contribution in [0, 0.1) is 11.8 Å². The zero-order chi connectivity index (χ0) is 67.9. The zero-order valence-corrected chi connectivity index (χ0v) is 61.6. The standard InChI is InChI=1S/C73H142O17P2/c1-7-11-13-15-17-19-21-22-23-24-25-26-28-30-39-45-51-57-72(77)89-68(62-84-71(76)56-50-44-38-33-31-35-41-47-53-65(5)9-3)63-87-91(79,80)85-59-67(74)60-86-92(81,82)88-64-69(61-83-70(75)55-49-43-37-29-27-20-18-16-14-12-8-2)90-73(78)58-52-46-40-34-32-36-42-48-54-66(6)10-4/h65-69,74H,7-64H2,1-6H3,(H,79,80)(H,81,82)/t65?,66?,67-,68-,69-/m1/s1. The van der Waals surface area contributed by atoms with Crippen LogP contribution in [0.3, 0.4) is 0 Å². The third kappa shape index (κ3) is 64.1. The second kappa shape index (κ2) is 65.0. The minimum atomic E-state index is -4.95. The summed E-state index contributed by atoms with van der Waals surface area (Å²) in [6, 6.07) is 0. The first-order valence-corrected chi connectivity index (χ1v) is 41.1. The highest BCUT2D eigenvalue weighted by Crippen LogP contribution is 2.45. The molecule has 0 aromatic heterocycles. The van der Waals surface area contributed by atoms with E-state index in [9.17, 15) is 43.2 Å². The van der Waals surface area contributed by atoms with E-state index in [2.05, 4.69) is 41.5 Å². The largest absolute Gasteiger partial charge is 0.472 e. The van der Waals surface area contributed by atoms with Crippen LogP contribution in [0.5, 0.6) is 0 Å². The Morgan fingerprint density at radius 2 is 0.522 bits per heavy atom. The Bertz CT molecular complexity index is 1790. The predicted molar refractivity (Wildman–Crippen MR) is 372 cm³/mol. The molecule has 19 heteroatoms. The highest BCUT2D eigenvalue weighted by atomic mass is 31.2. The molecule has 546 valence electrons. The summed E-state index contributed by atoms with van der Waals surface area (Å²) in [5.74, 6) is -0.573. The van der Waals surface area contributed by atoms with Crippen LogP contribution in [0.25, 0.3) is 0 Å². The Balaban J connectivity index is 5.25. The molecule has 4 unspecified atom stereocenters. The minimum Gasteiger partial charge on any atom is -0.462 e. The van der Waals surface area contributed by atoms with Crippen molar-refractivity contribution in [2.45, 2.75) is 394 Å². The van der Waals surface area contributed by atoms with Gasteiger partial charge in [-0.3, -0.25) is 37.3 Å². The van der Waals surface area contributed by atoms with Crippen molar-refractivity contribution in [2.24, 2.45) is 11.8 Å². The number of phosphoric acid groups is 2. The molecule has 0 aliphatic carbocycles. The molecule has 3 N–H and O–H groups in total. The Morgan fingerprint density at radius 1 is 0.304 bits per heavy atom. The van der Waals surface area contributed by atoms with Gasteiger partial charge in [0, 0.05) is 25.7 Å². The molecule has 0 saturated carbocycles. The molecule has 0 fully saturated rings. The number of aliphatic hydroxyl groups excluding tert-OH is 1. The summed E-state index contributed by atoms with van der Waals surface area (Å²) in [4.78, 5) is 72.7. The molecule has 0 radical (unpaired) electrons. The van der Waals surface area contributed by atoms with Gasteiger partial charge < -0.3 is 33.8 Å². The van der Waals surface area contributed by atoms with Gasteiger partial charge in [0.15, 0.2) is 12.2 Å². The van der Waals surface area contributed by atoms with Gasteiger partial charge in [-0.2, -0.15) is 0 Å². The fraction of sp³-hybridized carbons (Fsp3) is 0.945. The number of phosphoric ester groups is 2. The summed E-state index contributed by atoms with van der Waals surface area (Å²) in [5.41, 5.74) is 0. The number of hydrogen-bond acceptors (Lipinski definition) is 15. The summed E-state index contributed by atoms with van der Waals surface area (Å²) < 4.78 is 68.4. The van der Waals surface area contributed by atoms with Crippen molar-refractivity contribution in [3.05, 3.63) is 0 Å². The van der Waals surface area contributed by atoms with E-state index in [4.69, 9.17) is 37.0 Å². The molecule has 17 nitrogen and oxygen atoms in total. The topological polar surface area (TPSA) is 237 Å².